The Balaban J connectivity index is 2.12. The molecule has 0 spiro atoms. The summed E-state index contributed by atoms with van der Waals surface area (Å²) in [5, 5.41) is 2.56. The van der Waals surface area contributed by atoms with Crippen LogP contribution in [0.4, 0.5) is 18.9 Å². The van der Waals surface area contributed by atoms with Crippen molar-refractivity contribution in [2.75, 3.05) is 10.8 Å². The van der Waals surface area contributed by atoms with E-state index in [-0.39, 0.29) is 17.5 Å². The second kappa shape index (κ2) is 14.0. The van der Waals surface area contributed by atoms with Gasteiger partial charge in [-0.3, -0.25) is 13.9 Å². The van der Waals surface area contributed by atoms with Crippen LogP contribution in [0.1, 0.15) is 43.9 Å². The minimum absolute atomic E-state index is 0.124. The highest BCUT2D eigenvalue weighted by atomic mass is 35.5. The Morgan fingerprint density at radius 2 is 1.63 bits per heavy atom. The van der Waals surface area contributed by atoms with Crippen LogP contribution in [0, 0.1) is 6.92 Å². The molecule has 0 saturated carbocycles. The first-order valence-electron chi connectivity index (χ1n) is 13.3. The number of alkyl halides is 3. The van der Waals surface area contributed by atoms with Crippen LogP contribution in [0.15, 0.2) is 71.6 Å². The van der Waals surface area contributed by atoms with Crippen LogP contribution in [0.3, 0.4) is 0 Å². The molecule has 3 aromatic carbocycles. The molecule has 232 valence electrons. The molecule has 0 unspecified atom stereocenters. The van der Waals surface area contributed by atoms with Gasteiger partial charge in [0.1, 0.15) is 12.6 Å². The third kappa shape index (κ3) is 8.64. The van der Waals surface area contributed by atoms with E-state index in [1.807, 2.05) is 6.92 Å². The predicted molar refractivity (Wildman–Crippen MR) is 162 cm³/mol. The molecular weight excluding hydrogens is 626 g/mol. The number of nitrogens with one attached hydrogen (secondary N) is 1. The number of halogens is 5. The van der Waals surface area contributed by atoms with E-state index >= 15 is 0 Å². The van der Waals surface area contributed by atoms with Crippen molar-refractivity contribution in [2.45, 2.75) is 63.8 Å². The fourth-order valence-corrected chi connectivity index (χ4v) is 5.98. The summed E-state index contributed by atoms with van der Waals surface area (Å²) in [5.74, 6) is -1.31. The minimum Gasteiger partial charge on any atom is -0.352 e. The molecule has 43 heavy (non-hydrogen) atoms. The van der Waals surface area contributed by atoms with E-state index in [0.717, 1.165) is 17.7 Å². The number of benzene rings is 3. The zero-order valence-electron chi connectivity index (χ0n) is 24.0. The van der Waals surface area contributed by atoms with Crippen LogP contribution < -0.4 is 9.62 Å². The number of nitrogens with zero attached hydrogens (tertiary/aromatic N) is 2. The van der Waals surface area contributed by atoms with Gasteiger partial charge in [-0.25, -0.2) is 8.42 Å². The summed E-state index contributed by atoms with van der Waals surface area (Å²) >= 11 is 11.9. The number of sulfonamides is 1. The topological polar surface area (TPSA) is 86.8 Å². The highest BCUT2D eigenvalue weighted by molar-refractivity contribution is 7.92. The molecule has 0 radical (unpaired) electrons. The minimum atomic E-state index is -4.89. The Morgan fingerprint density at radius 1 is 0.977 bits per heavy atom. The first kappa shape index (κ1) is 34.2. The number of aryl methyl sites for hydroxylation is 1. The van der Waals surface area contributed by atoms with Crippen LogP contribution >= 0.6 is 23.2 Å². The Morgan fingerprint density at radius 3 is 2.21 bits per heavy atom. The summed E-state index contributed by atoms with van der Waals surface area (Å²) < 4.78 is 69.7. The molecule has 0 aliphatic carbocycles. The molecular formula is C30H32Cl2F3N3O4S. The number of hydrogen-bond acceptors (Lipinski definition) is 4. The molecule has 0 bridgehead atoms. The third-order valence-electron chi connectivity index (χ3n) is 6.84. The number of carbonyl (C=O) groups is 2. The van der Waals surface area contributed by atoms with Crippen molar-refractivity contribution < 1.29 is 31.2 Å². The molecule has 7 nitrogen and oxygen atoms in total. The smallest absolute Gasteiger partial charge is 0.352 e. The highest BCUT2D eigenvalue weighted by Crippen LogP contribution is 2.38. The lowest BCUT2D eigenvalue weighted by atomic mass is 10.1. The second-order valence-electron chi connectivity index (χ2n) is 10.1. The summed E-state index contributed by atoms with van der Waals surface area (Å²) in [6.07, 6.45) is -4.26. The van der Waals surface area contributed by atoms with Crippen molar-refractivity contribution in [3.63, 3.8) is 0 Å². The molecule has 2 amide bonds. The molecule has 3 aromatic rings. The Hall–Kier alpha value is -3.28. The van der Waals surface area contributed by atoms with Crippen molar-refractivity contribution in [1.29, 1.82) is 0 Å². The number of carbonyl (C=O) groups excluding carboxylic acids is 2. The predicted octanol–water partition coefficient (Wildman–Crippen LogP) is 6.85. The van der Waals surface area contributed by atoms with Crippen molar-refractivity contribution >= 4 is 50.7 Å². The van der Waals surface area contributed by atoms with E-state index in [9.17, 15) is 31.2 Å². The summed E-state index contributed by atoms with van der Waals surface area (Å²) in [4.78, 5) is 28.0. The van der Waals surface area contributed by atoms with Gasteiger partial charge in [0, 0.05) is 17.6 Å². The van der Waals surface area contributed by atoms with E-state index < -0.39 is 56.9 Å². The van der Waals surface area contributed by atoms with Crippen LogP contribution in [0.25, 0.3) is 0 Å². The zero-order chi connectivity index (χ0) is 32.1. The van der Waals surface area contributed by atoms with E-state index in [0.29, 0.717) is 27.4 Å². The molecule has 13 heteroatoms. The van der Waals surface area contributed by atoms with Crippen LogP contribution in [0.2, 0.25) is 10.0 Å². The maximum absolute atomic E-state index is 14.0. The van der Waals surface area contributed by atoms with E-state index in [2.05, 4.69) is 5.32 Å². The van der Waals surface area contributed by atoms with Gasteiger partial charge in [0.05, 0.1) is 21.2 Å². The van der Waals surface area contributed by atoms with Crippen molar-refractivity contribution in [3.05, 3.63) is 93.5 Å². The van der Waals surface area contributed by atoms with Gasteiger partial charge in [-0.2, -0.15) is 13.2 Å². The molecule has 2 atom stereocenters. The summed E-state index contributed by atoms with van der Waals surface area (Å²) in [6, 6.07) is 13.6. The lowest BCUT2D eigenvalue weighted by Crippen LogP contribution is -2.52. The molecule has 0 aliphatic rings. The van der Waals surface area contributed by atoms with Gasteiger partial charge < -0.3 is 10.2 Å². The fourth-order valence-electron chi connectivity index (χ4n) is 4.13. The zero-order valence-corrected chi connectivity index (χ0v) is 26.3. The van der Waals surface area contributed by atoms with Crippen LogP contribution in [0.5, 0.6) is 0 Å². The third-order valence-corrected chi connectivity index (χ3v) is 9.19. The largest absolute Gasteiger partial charge is 0.417 e. The van der Waals surface area contributed by atoms with Crippen molar-refractivity contribution in [1.82, 2.24) is 10.2 Å². The Kier molecular flexibility index (Phi) is 11.1. The molecule has 0 heterocycles. The molecule has 0 aliphatic heterocycles. The Bertz CT molecular complexity index is 1570. The van der Waals surface area contributed by atoms with Gasteiger partial charge in [0.25, 0.3) is 10.0 Å². The molecule has 0 saturated heterocycles. The maximum Gasteiger partial charge on any atom is 0.417 e. The average Bonchev–Trinajstić information content (AvgIpc) is 2.94. The highest BCUT2D eigenvalue weighted by Gasteiger charge is 2.37. The fraction of sp³-hybridized carbons (Fsp3) is 0.333. The van der Waals surface area contributed by atoms with Crippen LogP contribution in [-0.4, -0.2) is 43.8 Å². The quantitative estimate of drug-likeness (QED) is 0.244. The van der Waals surface area contributed by atoms with Gasteiger partial charge in [0.2, 0.25) is 11.8 Å². The van der Waals surface area contributed by atoms with Gasteiger partial charge in [-0.1, -0.05) is 60.0 Å². The molecule has 0 aromatic heterocycles. The maximum atomic E-state index is 14.0. The van der Waals surface area contributed by atoms with Crippen molar-refractivity contribution in [2.24, 2.45) is 0 Å². The summed E-state index contributed by atoms with van der Waals surface area (Å²) in [7, 11) is -4.57. The van der Waals surface area contributed by atoms with Crippen molar-refractivity contribution in [3.8, 4) is 0 Å². The van der Waals surface area contributed by atoms with E-state index in [4.69, 9.17) is 23.2 Å². The standard InChI is InChI=1S/C30H32Cl2F3N3O4S/c1-5-20(3)36-29(40)21(4)37(17-22-7-6-8-23(31)15-22)28(39)18-38(43(41,42)25-12-9-19(2)10-13-25)24-11-14-27(32)26(16-24)30(33,34)35/h6-16,20-21H,5,17-18H2,1-4H3,(H,36,40)/t20-,21-/m1/s1. The number of rotatable bonds is 11. The number of anilines is 1. The first-order valence-corrected chi connectivity index (χ1v) is 15.5. The lowest BCUT2D eigenvalue weighted by molar-refractivity contribution is -0.139. The second-order valence-corrected chi connectivity index (χ2v) is 12.8. The van der Waals surface area contributed by atoms with Gasteiger partial charge in [-0.05, 0) is 75.2 Å². The molecule has 0 fully saturated rings. The van der Waals surface area contributed by atoms with Gasteiger partial charge in [0.15, 0.2) is 0 Å². The van der Waals surface area contributed by atoms with Gasteiger partial charge >= 0.3 is 6.18 Å². The lowest BCUT2D eigenvalue weighted by Gasteiger charge is -2.32. The summed E-state index contributed by atoms with van der Waals surface area (Å²) in [5.41, 5.74) is -0.380. The van der Waals surface area contributed by atoms with E-state index in [1.54, 1.807) is 38.1 Å². The normalized spacial score (nSPS) is 13.2. The summed E-state index contributed by atoms with van der Waals surface area (Å²) in [6.45, 7) is 5.87. The van der Waals surface area contributed by atoms with E-state index in [1.165, 1.54) is 36.1 Å². The number of hydrogen-bond donors (Lipinski definition) is 1. The first-order chi connectivity index (χ1) is 20.0. The monoisotopic (exact) mass is 657 g/mol. The molecule has 1 N–H and O–H groups in total. The van der Waals surface area contributed by atoms with Gasteiger partial charge in [-0.15, -0.1) is 0 Å². The average molecular weight is 659 g/mol. The number of amides is 2. The SMILES string of the molecule is CC[C@@H](C)NC(=O)[C@@H](C)N(Cc1cccc(Cl)c1)C(=O)CN(c1ccc(Cl)c(C(F)(F)F)c1)S(=O)(=O)c1ccc(C)cc1. The van der Waals surface area contributed by atoms with Crippen LogP contribution in [-0.2, 0) is 32.3 Å². The molecule has 3 rings (SSSR count). The Labute approximate surface area is 259 Å².